The highest BCUT2D eigenvalue weighted by Gasteiger charge is 2.23. The molecule has 1 heterocycles. The molecular weight excluding hydrogens is 247 g/mol. The van der Waals surface area contributed by atoms with E-state index < -0.39 is 5.92 Å². The highest BCUT2D eigenvalue weighted by Crippen LogP contribution is 2.23. The SMILES string of the molecule is CCOC(=O)C(C)c1nc2ccc(F)cc2n1CC. The molecule has 0 aliphatic rings. The number of hydrogen-bond donors (Lipinski definition) is 0. The zero-order valence-corrected chi connectivity index (χ0v) is 11.3. The van der Waals surface area contributed by atoms with Crippen molar-refractivity contribution in [3.63, 3.8) is 0 Å². The smallest absolute Gasteiger partial charge is 0.316 e. The van der Waals surface area contributed by atoms with Crippen LogP contribution in [0.5, 0.6) is 0 Å². The Bertz CT molecular complexity index is 607. The van der Waals surface area contributed by atoms with Crippen LogP contribution in [0.15, 0.2) is 18.2 Å². The van der Waals surface area contributed by atoms with Crippen LogP contribution in [0.2, 0.25) is 0 Å². The fraction of sp³-hybridized carbons (Fsp3) is 0.429. The van der Waals surface area contributed by atoms with Crippen molar-refractivity contribution >= 4 is 17.0 Å². The van der Waals surface area contributed by atoms with Crippen LogP contribution in [0.1, 0.15) is 32.5 Å². The molecule has 1 aromatic heterocycles. The van der Waals surface area contributed by atoms with Crippen LogP contribution in [-0.4, -0.2) is 22.1 Å². The number of fused-ring (bicyclic) bond motifs is 1. The lowest BCUT2D eigenvalue weighted by Gasteiger charge is -2.12. The van der Waals surface area contributed by atoms with Gasteiger partial charge in [-0.2, -0.15) is 0 Å². The Balaban J connectivity index is 2.51. The van der Waals surface area contributed by atoms with Crippen LogP contribution in [0.3, 0.4) is 0 Å². The lowest BCUT2D eigenvalue weighted by atomic mass is 10.1. The van der Waals surface area contributed by atoms with E-state index in [-0.39, 0.29) is 11.8 Å². The fourth-order valence-electron chi connectivity index (χ4n) is 2.15. The molecule has 0 amide bonds. The van der Waals surface area contributed by atoms with Gasteiger partial charge >= 0.3 is 5.97 Å². The summed E-state index contributed by atoms with van der Waals surface area (Å²) in [6.07, 6.45) is 0. The quantitative estimate of drug-likeness (QED) is 0.797. The third-order valence-electron chi connectivity index (χ3n) is 3.08. The van der Waals surface area contributed by atoms with Gasteiger partial charge in [0.1, 0.15) is 17.6 Å². The molecule has 1 unspecified atom stereocenters. The van der Waals surface area contributed by atoms with E-state index in [4.69, 9.17) is 4.74 Å². The molecule has 0 fully saturated rings. The Hall–Kier alpha value is -1.91. The van der Waals surface area contributed by atoms with Gasteiger partial charge in [0.15, 0.2) is 0 Å². The third-order valence-corrected chi connectivity index (χ3v) is 3.08. The van der Waals surface area contributed by atoms with Gasteiger partial charge in [-0.3, -0.25) is 4.79 Å². The summed E-state index contributed by atoms with van der Waals surface area (Å²) in [7, 11) is 0. The predicted molar refractivity (Wildman–Crippen MR) is 70.4 cm³/mol. The number of esters is 1. The van der Waals surface area contributed by atoms with Gasteiger partial charge in [0, 0.05) is 6.54 Å². The molecule has 0 N–H and O–H groups in total. The van der Waals surface area contributed by atoms with E-state index in [9.17, 15) is 9.18 Å². The Morgan fingerprint density at radius 1 is 1.47 bits per heavy atom. The van der Waals surface area contributed by atoms with E-state index in [0.717, 1.165) is 0 Å². The summed E-state index contributed by atoms with van der Waals surface area (Å²) in [5, 5.41) is 0. The molecule has 0 radical (unpaired) electrons. The first-order valence-corrected chi connectivity index (χ1v) is 6.40. The largest absolute Gasteiger partial charge is 0.465 e. The minimum absolute atomic E-state index is 0.308. The predicted octanol–water partition coefficient (Wildman–Crippen LogP) is 2.86. The highest BCUT2D eigenvalue weighted by molar-refractivity contribution is 5.81. The average Bonchev–Trinajstić information content (AvgIpc) is 2.75. The molecule has 4 nitrogen and oxygen atoms in total. The van der Waals surface area contributed by atoms with Crippen molar-refractivity contribution in [2.45, 2.75) is 33.2 Å². The lowest BCUT2D eigenvalue weighted by molar-refractivity contribution is -0.144. The van der Waals surface area contributed by atoms with Crippen LogP contribution in [0.25, 0.3) is 11.0 Å². The maximum Gasteiger partial charge on any atom is 0.316 e. The Labute approximate surface area is 111 Å². The van der Waals surface area contributed by atoms with Crippen LogP contribution < -0.4 is 0 Å². The second kappa shape index (κ2) is 5.38. The number of nitrogens with zero attached hydrogens (tertiary/aromatic N) is 2. The van der Waals surface area contributed by atoms with Crippen molar-refractivity contribution in [1.29, 1.82) is 0 Å². The maximum absolute atomic E-state index is 13.3. The number of benzene rings is 1. The zero-order chi connectivity index (χ0) is 14.0. The summed E-state index contributed by atoms with van der Waals surface area (Å²) in [5.41, 5.74) is 1.39. The van der Waals surface area contributed by atoms with Gasteiger partial charge in [-0.1, -0.05) is 0 Å². The number of carbonyl (C=O) groups is 1. The molecule has 0 aliphatic heterocycles. The van der Waals surface area contributed by atoms with Crippen molar-refractivity contribution in [2.24, 2.45) is 0 Å². The standard InChI is InChI=1S/C14H17FN2O2/c1-4-17-12-8-10(15)6-7-11(12)16-13(17)9(3)14(18)19-5-2/h6-9H,4-5H2,1-3H3. The number of aryl methyl sites for hydroxylation is 1. The number of halogens is 1. The molecular formula is C14H17FN2O2. The first kappa shape index (κ1) is 13.5. The first-order chi connectivity index (χ1) is 9.08. The number of carbonyl (C=O) groups excluding carboxylic acids is 1. The zero-order valence-electron chi connectivity index (χ0n) is 11.3. The summed E-state index contributed by atoms with van der Waals surface area (Å²) < 4.78 is 20.2. The number of ether oxygens (including phenoxy) is 1. The molecule has 0 spiro atoms. The number of imidazole rings is 1. The molecule has 19 heavy (non-hydrogen) atoms. The van der Waals surface area contributed by atoms with Crippen LogP contribution in [0.4, 0.5) is 4.39 Å². The van der Waals surface area contributed by atoms with Gasteiger partial charge in [0.2, 0.25) is 0 Å². The van der Waals surface area contributed by atoms with Crippen molar-refractivity contribution in [1.82, 2.24) is 9.55 Å². The molecule has 5 heteroatoms. The van der Waals surface area contributed by atoms with Gasteiger partial charge in [0.05, 0.1) is 17.6 Å². The third kappa shape index (κ3) is 2.45. The molecule has 1 aromatic carbocycles. The van der Waals surface area contributed by atoms with Gasteiger partial charge in [-0.15, -0.1) is 0 Å². The van der Waals surface area contributed by atoms with Gasteiger partial charge in [-0.05, 0) is 39.0 Å². The van der Waals surface area contributed by atoms with E-state index in [1.807, 2.05) is 11.5 Å². The van der Waals surface area contributed by atoms with Crippen molar-refractivity contribution in [3.05, 3.63) is 29.8 Å². The Morgan fingerprint density at radius 3 is 2.84 bits per heavy atom. The van der Waals surface area contributed by atoms with Crippen molar-refractivity contribution in [3.8, 4) is 0 Å². The topological polar surface area (TPSA) is 44.1 Å². The van der Waals surface area contributed by atoms with E-state index in [0.29, 0.717) is 30.0 Å². The molecule has 0 saturated heterocycles. The van der Waals surface area contributed by atoms with Crippen LogP contribution in [-0.2, 0) is 16.1 Å². The Morgan fingerprint density at radius 2 is 2.21 bits per heavy atom. The summed E-state index contributed by atoms with van der Waals surface area (Å²) in [6.45, 7) is 6.42. The first-order valence-electron chi connectivity index (χ1n) is 6.40. The van der Waals surface area contributed by atoms with Crippen molar-refractivity contribution in [2.75, 3.05) is 6.61 Å². The summed E-state index contributed by atoms with van der Waals surface area (Å²) in [5.74, 6) is -0.470. The van der Waals surface area contributed by atoms with Gasteiger partial charge in [0.25, 0.3) is 0 Å². The summed E-state index contributed by atoms with van der Waals surface area (Å²) in [6, 6.07) is 4.43. The molecule has 0 aliphatic carbocycles. The van der Waals surface area contributed by atoms with E-state index >= 15 is 0 Å². The van der Waals surface area contributed by atoms with E-state index in [1.165, 1.54) is 12.1 Å². The average molecular weight is 264 g/mol. The molecule has 102 valence electrons. The second-order valence-corrected chi connectivity index (χ2v) is 4.32. The molecule has 0 bridgehead atoms. The highest BCUT2D eigenvalue weighted by atomic mass is 19.1. The molecule has 0 saturated carbocycles. The van der Waals surface area contributed by atoms with Gasteiger partial charge < -0.3 is 9.30 Å². The number of hydrogen-bond acceptors (Lipinski definition) is 3. The monoisotopic (exact) mass is 264 g/mol. The number of aromatic nitrogens is 2. The minimum atomic E-state index is -0.463. The van der Waals surface area contributed by atoms with Gasteiger partial charge in [-0.25, -0.2) is 9.37 Å². The minimum Gasteiger partial charge on any atom is -0.465 e. The van der Waals surface area contributed by atoms with Crippen molar-refractivity contribution < 1.29 is 13.9 Å². The lowest BCUT2D eigenvalue weighted by Crippen LogP contribution is -2.17. The van der Waals surface area contributed by atoms with E-state index in [2.05, 4.69) is 4.98 Å². The molecule has 2 rings (SSSR count). The number of rotatable bonds is 4. The molecule has 1 atom stereocenters. The van der Waals surface area contributed by atoms with Crippen LogP contribution in [0, 0.1) is 5.82 Å². The maximum atomic E-state index is 13.3. The molecule has 2 aromatic rings. The second-order valence-electron chi connectivity index (χ2n) is 4.32. The van der Waals surface area contributed by atoms with E-state index in [1.54, 1.807) is 19.9 Å². The summed E-state index contributed by atoms with van der Waals surface area (Å²) in [4.78, 5) is 16.2. The Kier molecular flexibility index (Phi) is 3.83. The normalized spacial score (nSPS) is 12.6. The van der Waals surface area contributed by atoms with Crippen LogP contribution >= 0.6 is 0 Å². The fourth-order valence-corrected chi connectivity index (χ4v) is 2.15. The summed E-state index contributed by atoms with van der Waals surface area (Å²) >= 11 is 0.